The third kappa shape index (κ3) is 13.6. The van der Waals surface area contributed by atoms with Crippen molar-refractivity contribution in [3.05, 3.63) is 36.0 Å². The van der Waals surface area contributed by atoms with Gasteiger partial charge in [0.05, 0.1) is 0 Å². The summed E-state index contributed by atoms with van der Waals surface area (Å²) in [6.45, 7) is 14.8. The van der Waals surface area contributed by atoms with E-state index in [-0.39, 0.29) is 0 Å². The van der Waals surface area contributed by atoms with Crippen LogP contribution in [0, 0.1) is 40.4 Å². The molecule has 6 atom stereocenters. The Kier molecular flexibility index (Phi) is 18.8. The molecule has 0 aliphatic heterocycles. The number of unbranched alkanes of at least 4 members (excludes halogenated alkanes) is 9. The van der Waals surface area contributed by atoms with Crippen LogP contribution >= 0.6 is 0 Å². The summed E-state index contributed by atoms with van der Waals surface area (Å²) in [5.74, 6) is 4.34. The maximum Gasteiger partial charge on any atom is 0.136 e. The van der Waals surface area contributed by atoms with Gasteiger partial charge in [-0.15, -0.1) is 0 Å². The number of allylic oxidation sites excluding steroid dienone is 6. The van der Waals surface area contributed by atoms with E-state index in [9.17, 15) is 4.79 Å². The molecule has 2 saturated carbocycles. The first-order valence-corrected chi connectivity index (χ1v) is 21.2. The van der Waals surface area contributed by atoms with Gasteiger partial charge in [-0.05, 0) is 131 Å². The monoisotopic (exact) mass is 649 g/mol. The Bertz CT molecular complexity index is 952. The van der Waals surface area contributed by atoms with Crippen molar-refractivity contribution in [2.24, 2.45) is 40.4 Å². The summed E-state index contributed by atoms with van der Waals surface area (Å²) < 4.78 is 0. The summed E-state index contributed by atoms with van der Waals surface area (Å²) in [6, 6.07) is 0. The van der Waals surface area contributed by atoms with Crippen LogP contribution in [0.3, 0.4) is 0 Å². The molecule has 270 valence electrons. The van der Waals surface area contributed by atoms with Crippen LogP contribution < -0.4 is 0 Å². The molecule has 0 bridgehead atoms. The average molecular weight is 649 g/mol. The quantitative estimate of drug-likeness (QED) is 0.0752. The standard InChI is InChI=1S/C46H80O/c1-7-8-9-10-11-12-13-14-15-16-17-18-19-20-21-22-31-44(47)40-32-36-46(6)41(28-24-29-42(46)37-40)33-35-45(5)34-25-30-43(45)39(4)27-23-26-38(2)3/h11-12,14-15,29,38-41,43H,7-10,13,16-28,30-37H2,1-6H3. The highest BCUT2D eigenvalue weighted by Crippen LogP contribution is 2.57. The van der Waals surface area contributed by atoms with E-state index in [4.69, 9.17) is 0 Å². The predicted molar refractivity (Wildman–Crippen MR) is 208 cm³/mol. The molecule has 3 aliphatic rings. The molecule has 0 radical (unpaired) electrons. The third-order valence-electron chi connectivity index (χ3n) is 13.4. The van der Waals surface area contributed by atoms with Crippen molar-refractivity contribution < 1.29 is 4.79 Å². The Morgan fingerprint density at radius 2 is 1.53 bits per heavy atom. The molecule has 0 aromatic carbocycles. The minimum absolute atomic E-state index is 0.300. The third-order valence-corrected chi connectivity index (χ3v) is 13.4. The molecule has 0 aromatic rings. The molecule has 0 amide bonds. The maximum absolute atomic E-state index is 13.3. The van der Waals surface area contributed by atoms with E-state index in [1.54, 1.807) is 5.57 Å². The van der Waals surface area contributed by atoms with Gasteiger partial charge in [-0.2, -0.15) is 0 Å². The van der Waals surface area contributed by atoms with Gasteiger partial charge in [0.15, 0.2) is 0 Å². The first kappa shape index (κ1) is 40.3. The van der Waals surface area contributed by atoms with Crippen LogP contribution in [0.5, 0.6) is 0 Å². The minimum Gasteiger partial charge on any atom is -0.299 e. The molecule has 0 aromatic heterocycles. The molecule has 3 rings (SSSR count). The number of hydrogen-bond acceptors (Lipinski definition) is 1. The first-order chi connectivity index (χ1) is 22.7. The van der Waals surface area contributed by atoms with Crippen LogP contribution in [0.2, 0.25) is 0 Å². The summed E-state index contributed by atoms with van der Waals surface area (Å²) in [7, 11) is 0. The van der Waals surface area contributed by atoms with E-state index in [1.807, 2.05) is 0 Å². The molecular formula is C46H80O. The predicted octanol–water partition coefficient (Wildman–Crippen LogP) is 15.0. The molecule has 2 fully saturated rings. The van der Waals surface area contributed by atoms with Crippen LogP contribution in [0.25, 0.3) is 0 Å². The van der Waals surface area contributed by atoms with Crippen LogP contribution in [0.4, 0.5) is 0 Å². The summed E-state index contributed by atoms with van der Waals surface area (Å²) in [5, 5.41) is 0. The molecular weight excluding hydrogens is 569 g/mol. The van der Waals surface area contributed by atoms with Crippen molar-refractivity contribution >= 4 is 5.78 Å². The highest BCUT2D eigenvalue weighted by atomic mass is 16.1. The molecule has 47 heavy (non-hydrogen) atoms. The minimum atomic E-state index is 0.300. The molecule has 1 nitrogen and oxygen atoms in total. The van der Waals surface area contributed by atoms with Crippen molar-refractivity contribution in [3.8, 4) is 0 Å². The molecule has 6 unspecified atom stereocenters. The van der Waals surface area contributed by atoms with Crippen molar-refractivity contribution in [3.63, 3.8) is 0 Å². The lowest BCUT2D eigenvalue weighted by molar-refractivity contribution is -0.124. The fourth-order valence-corrected chi connectivity index (χ4v) is 10.1. The number of carbonyl (C=O) groups excluding carboxylic acids is 1. The fraction of sp³-hybridized carbons (Fsp3) is 0.848. The first-order valence-electron chi connectivity index (χ1n) is 21.2. The molecule has 1 heteroatoms. The lowest BCUT2D eigenvalue weighted by atomic mass is 9.56. The van der Waals surface area contributed by atoms with Gasteiger partial charge in [-0.1, -0.05) is 142 Å². The Hall–Kier alpha value is -1.11. The van der Waals surface area contributed by atoms with E-state index in [0.717, 1.165) is 55.8 Å². The normalized spacial score (nSPS) is 28.7. The smallest absolute Gasteiger partial charge is 0.136 e. The molecule has 3 aliphatic carbocycles. The summed E-state index contributed by atoms with van der Waals surface area (Å²) in [5.41, 5.74) is 2.57. The van der Waals surface area contributed by atoms with Crippen molar-refractivity contribution in [1.29, 1.82) is 0 Å². The average Bonchev–Trinajstić information content (AvgIpc) is 3.44. The second-order valence-corrected chi connectivity index (χ2v) is 17.7. The van der Waals surface area contributed by atoms with Crippen LogP contribution in [0.1, 0.15) is 208 Å². The van der Waals surface area contributed by atoms with Gasteiger partial charge in [0, 0.05) is 12.3 Å². The van der Waals surface area contributed by atoms with Crippen LogP contribution in [-0.4, -0.2) is 5.78 Å². The van der Waals surface area contributed by atoms with Gasteiger partial charge in [0.2, 0.25) is 0 Å². The number of carbonyl (C=O) groups is 1. The zero-order valence-corrected chi connectivity index (χ0v) is 32.6. The number of ketones is 1. The van der Waals surface area contributed by atoms with Gasteiger partial charge in [0.1, 0.15) is 5.78 Å². The largest absolute Gasteiger partial charge is 0.299 e. The van der Waals surface area contributed by atoms with E-state index in [2.05, 4.69) is 71.9 Å². The SMILES string of the molecule is CCCCCC=CCC=CCCCCCCCCC(=O)C1CCC2(C)C(=CCCC2CCC2(C)CCCC2C(C)CCCC(C)C)C1. The Morgan fingerprint density at radius 1 is 0.830 bits per heavy atom. The molecule has 0 N–H and O–H groups in total. The van der Waals surface area contributed by atoms with Gasteiger partial charge in [-0.3, -0.25) is 4.79 Å². The van der Waals surface area contributed by atoms with E-state index >= 15 is 0 Å². The Balaban J connectivity index is 1.30. The maximum atomic E-state index is 13.3. The summed E-state index contributed by atoms with van der Waals surface area (Å²) in [4.78, 5) is 13.3. The highest BCUT2D eigenvalue weighted by molar-refractivity contribution is 5.81. The fourth-order valence-electron chi connectivity index (χ4n) is 10.1. The van der Waals surface area contributed by atoms with Gasteiger partial charge < -0.3 is 0 Å². The summed E-state index contributed by atoms with van der Waals surface area (Å²) >= 11 is 0. The number of rotatable bonds is 24. The van der Waals surface area contributed by atoms with Gasteiger partial charge in [-0.25, -0.2) is 0 Å². The highest BCUT2D eigenvalue weighted by Gasteiger charge is 2.46. The zero-order chi connectivity index (χ0) is 34.0. The molecule has 0 saturated heterocycles. The second-order valence-electron chi connectivity index (χ2n) is 17.7. The van der Waals surface area contributed by atoms with Crippen LogP contribution in [-0.2, 0) is 4.79 Å². The Labute approximate surface area is 294 Å². The van der Waals surface area contributed by atoms with Crippen LogP contribution in [0.15, 0.2) is 36.0 Å². The topological polar surface area (TPSA) is 17.1 Å². The van der Waals surface area contributed by atoms with E-state index < -0.39 is 0 Å². The number of hydrogen-bond donors (Lipinski definition) is 0. The second kappa shape index (κ2) is 21.9. The summed E-state index contributed by atoms with van der Waals surface area (Å²) in [6.07, 6.45) is 45.4. The Morgan fingerprint density at radius 3 is 2.26 bits per heavy atom. The van der Waals surface area contributed by atoms with Crippen molar-refractivity contribution in [2.45, 2.75) is 208 Å². The molecule has 0 spiro atoms. The van der Waals surface area contributed by atoms with Gasteiger partial charge in [0.25, 0.3) is 0 Å². The van der Waals surface area contributed by atoms with Gasteiger partial charge >= 0.3 is 0 Å². The van der Waals surface area contributed by atoms with E-state index in [0.29, 0.717) is 22.5 Å². The zero-order valence-electron chi connectivity index (χ0n) is 32.6. The number of fused-ring (bicyclic) bond motifs is 1. The van der Waals surface area contributed by atoms with Crippen molar-refractivity contribution in [2.75, 3.05) is 0 Å². The van der Waals surface area contributed by atoms with Crippen molar-refractivity contribution in [1.82, 2.24) is 0 Å². The lowest BCUT2D eigenvalue weighted by Crippen LogP contribution is -2.39. The number of Topliss-reactive ketones (excluding diaryl/α,β-unsaturated/α-hetero) is 1. The molecule has 0 heterocycles. The van der Waals surface area contributed by atoms with E-state index in [1.165, 1.54) is 135 Å². The lowest BCUT2D eigenvalue weighted by Gasteiger charge is -2.49.